The smallest absolute Gasteiger partial charge is 0.416 e. The van der Waals surface area contributed by atoms with E-state index in [1.807, 2.05) is 13.8 Å². The van der Waals surface area contributed by atoms with E-state index in [2.05, 4.69) is 4.72 Å². The summed E-state index contributed by atoms with van der Waals surface area (Å²) in [6.07, 6.45) is -2.72. The van der Waals surface area contributed by atoms with Crippen LogP contribution in [0.3, 0.4) is 0 Å². The lowest BCUT2D eigenvalue weighted by molar-refractivity contribution is -0.137. The van der Waals surface area contributed by atoms with Gasteiger partial charge in [-0.1, -0.05) is 6.92 Å². The number of phenols is 1. The van der Waals surface area contributed by atoms with Crippen LogP contribution < -0.4 is 9.46 Å². The van der Waals surface area contributed by atoms with Gasteiger partial charge in [-0.25, -0.2) is 13.1 Å². The fraction of sp³-hybridized carbons (Fsp3) is 0.400. The number of aromatic hydroxyl groups is 1. The van der Waals surface area contributed by atoms with Crippen LogP contribution in [0.5, 0.6) is 11.5 Å². The second-order valence-electron chi connectivity index (χ2n) is 6.58. The van der Waals surface area contributed by atoms with Crippen molar-refractivity contribution in [1.29, 1.82) is 0 Å². The van der Waals surface area contributed by atoms with E-state index in [1.165, 1.54) is 0 Å². The normalized spacial score (nSPS) is 12.2. The van der Waals surface area contributed by atoms with Gasteiger partial charge >= 0.3 is 6.18 Å². The minimum atomic E-state index is -4.51. The van der Waals surface area contributed by atoms with Crippen LogP contribution in [0.2, 0.25) is 0 Å². The number of nitrogens with one attached hydrogen (secondary N) is 1. The number of benzene rings is 2. The highest BCUT2D eigenvalue weighted by Crippen LogP contribution is 2.30. The van der Waals surface area contributed by atoms with Crippen molar-refractivity contribution in [3.8, 4) is 11.5 Å². The number of hydrogen-bond acceptors (Lipinski definition) is 4. The average Bonchev–Trinajstić information content (AvgIpc) is 2.64. The maximum absolute atomic E-state index is 12.6. The van der Waals surface area contributed by atoms with Crippen LogP contribution in [0.15, 0.2) is 41.3 Å². The fourth-order valence-corrected chi connectivity index (χ4v) is 3.88. The number of alkyl halides is 3. The molecule has 0 spiro atoms. The lowest BCUT2D eigenvalue weighted by Gasteiger charge is -2.14. The summed E-state index contributed by atoms with van der Waals surface area (Å²) in [7, 11) is -3.87. The third kappa shape index (κ3) is 6.37. The highest BCUT2D eigenvalue weighted by atomic mass is 32.2. The lowest BCUT2D eigenvalue weighted by atomic mass is 10.1. The first-order chi connectivity index (χ1) is 13.5. The second kappa shape index (κ2) is 9.49. The zero-order valence-corrected chi connectivity index (χ0v) is 17.0. The number of aryl methyl sites for hydroxylation is 2. The van der Waals surface area contributed by atoms with E-state index in [0.717, 1.165) is 41.1 Å². The van der Waals surface area contributed by atoms with Crippen molar-refractivity contribution in [3.63, 3.8) is 0 Å². The van der Waals surface area contributed by atoms with Crippen LogP contribution in [0.25, 0.3) is 0 Å². The Hall–Kier alpha value is -2.26. The molecule has 2 rings (SSSR count). The molecule has 5 nitrogen and oxygen atoms in total. The van der Waals surface area contributed by atoms with Gasteiger partial charge < -0.3 is 9.84 Å². The maximum atomic E-state index is 12.6. The van der Waals surface area contributed by atoms with Gasteiger partial charge in [0.1, 0.15) is 11.5 Å². The summed E-state index contributed by atoms with van der Waals surface area (Å²) < 4.78 is 70.2. The molecule has 2 aromatic carbocycles. The topological polar surface area (TPSA) is 75.6 Å². The number of unbranched alkanes of at least 4 members (excludes halogenated alkanes) is 1. The van der Waals surface area contributed by atoms with Crippen LogP contribution in [0.4, 0.5) is 13.2 Å². The van der Waals surface area contributed by atoms with Crippen molar-refractivity contribution in [3.05, 3.63) is 53.1 Å². The summed E-state index contributed by atoms with van der Waals surface area (Å²) in [5.74, 6) is 0.903. The number of sulfonamides is 1. The molecule has 0 saturated carbocycles. The van der Waals surface area contributed by atoms with Crippen LogP contribution in [0, 0.1) is 6.92 Å². The number of hydrogen-bond donors (Lipinski definition) is 2. The molecule has 0 aliphatic carbocycles. The molecule has 160 valence electrons. The Morgan fingerprint density at radius 3 is 2.34 bits per heavy atom. The third-order valence-electron chi connectivity index (χ3n) is 4.32. The van der Waals surface area contributed by atoms with Crippen molar-refractivity contribution in [2.75, 3.05) is 13.2 Å². The third-order valence-corrected chi connectivity index (χ3v) is 5.80. The molecular formula is C20H24F3NO4S. The standard InChI is InChI=1S/C20H24F3NO4S/c1-3-15-13-17(25)12-14(2)19(15)28-11-5-4-10-24-29(26,27)18-8-6-16(7-9-18)20(21,22)23/h6-9,12-13,24-25H,3-5,10-11H2,1-2H3. The van der Waals surface area contributed by atoms with Crippen LogP contribution >= 0.6 is 0 Å². The first kappa shape index (κ1) is 23.0. The Balaban J connectivity index is 1.82. The predicted molar refractivity (Wildman–Crippen MR) is 104 cm³/mol. The van der Waals surface area contributed by atoms with Crippen LogP contribution in [-0.2, 0) is 22.6 Å². The van der Waals surface area contributed by atoms with Crippen molar-refractivity contribution in [2.45, 2.75) is 44.2 Å². The summed E-state index contributed by atoms with van der Waals surface area (Å²) in [6, 6.07) is 6.64. The minimum Gasteiger partial charge on any atom is -0.508 e. The number of ether oxygens (including phenoxy) is 1. The summed E-state index contributed by atoms with van der Waals surface area (Å²) in [5, 5.41) is 9.64. The molecule has 0 atom stereocenters. The minimum absolute atomic E-state index is 0.141. The number of halogens is 3. The largest absolute Gasteiger partial charge is 0.508 e. The lowest BCUT2D eigenvalue weighted by Crippen LogP contribution is -2.25. The van der Waals surface area contributed by atoms with Gasteiger partial charge in [0, 0.05) is 6.54 Å². The van der Waals surface area contributed by atoms with Crippen molar-refractivity contribution in [2.24, 2.45) is 0 Å². The predicted octanol–water partition coefficient (Wildman–Crippen LogP) is 4.42. The molecule has 0 aliphatic rings. The SMILES string of the molecule is CCc1cc(O)cc(C)c1OCCCCNS(=O)(=O)c1ccc(C(F)(F)F)cc1. The molecule has 0 aromatic heterocycles. The van der Waals surface area contributed by atoms with Gasteiger partial charge in [0.15, 0.2) is 0 Å². The molecule has 0 bridgehead atoms. The quantitative estimate of drug-likeness (QED) is 0.577. The van der Waals surface area contributed by atoms with Crippen molar-refractivity contribution in [1.82, 2.24) is 4.72 Å². The molecule has 0 aliphatic heterocycles. The Morgan fingerprint density at radius 1 is 1.10 bits per heavy atom. The molecule has 0 radical (unpaired) electrons. The highest BCUT2D eigenvalue weighted by molar-refractivity contribution is 7.89. The van der Waals surface area contributed by atoms with Gasteiger partial charge in [0.2, 0.25) is 10.0 Å². The number of phenolic OH excluding ortho intramolecular Hbond substituents is 1. The summed E-state index contributed by atoms with van der Waals surface area (Å²) in [6.45, 7) is 4.31. The average molecular weight is 431 g/mol. The zero-order chi connectivity index (χ0) is 21.7. The van der Waals surface area contributed by atoms with E-state index in [9.17, 15) is 26.7 Å². The van der Waals surface area contributed by atoms with Gasteiger partial charge in [0.05, 0.1) is 17.1 Å². The molecule has 0 fully saturated rings. The van der Waals surface area contributed by atoms with Gasteiger partial charge in [-0.15, -0.1) is 0 Å². The van der Waals surface area contributed by atoms with E-state index in [1.54, 1.807) is 12.1 Å². The molecular weight excluding hydrogens is 407 g/mol. The second-order valence-corrected chi connectivity index (χ2v) is 8.35. The highest BCUT2D eigenvalue weighted by Gasteiger charge is 2.30. The van der Waals surface area contributed by atoms with Gasteiger partial charge in [0.25, 0.3) is 0 Å². The Kier molecular flexibility index (Phi) is 7.54. The van der Waals surface area contributed by atoms with E-state index in [-0.39, 0.29) is 17.2 Å². The maximum Gasteiger partial charge on any atom is 0.416 e. The first-order valence-electron chi connectivity index (χ1n) is 9.17. The monoisotopic (exact) mass is 431 g/mol. The van der Waals surface area contributed by atoms with Crippen molar-refractivity contribution < 1.29 is 31.4 Å². The molecule has 0 saturated heterocycles. The summed E-state index contributed by atoms with van der Waals surface area (Å²) in [4.78, 5) is -0.214. The molecule has 9 heteroatoms. The van der Waals surface area contributed by atoms with E-state index in [0.29, 0.717) is 25.9 Å². The molecule has 2 aromatic rings. The fourth-order valence-electron chi connectivity index (χ4n) is 2.81. The molecule has 0 amide bonds. The number of rotatable bonds is 9. The van der Waals surface area contributed by atoms with E-state index in [4.69, 9.17) is 4.74 Å². The van der Waals surface area contributed by atoms with Crippen LogP contribution in [0.1, 0.15) is 36.5 Å². The summed E-state index contributed by atoms with van der Waals surface area (Å²) >= 11 is 0. The zero-order valence-electron chi connectivity index (χ0n) is 16.2. The van der Waals surface area contributed by atoms with Crippen LogP contribution in [-0.4, -0.2) is 26.7 Å². The molecule has 0 heterocycles. The summed E-state index contributed by atoms with van der Waals surface area (Å²) in [5.41, 5.74) is 0.819. The first-order valence-corrected chi connectivity index (χ1v) is 10.6. The molecule has 0 unspecified atom stereocenters. The van der Waals surface area contributed by atoms with Crippen molar-refractivity contribution >= 4 is 10.0 Å². The molecule has 2 N–H and O–H groups in total. The molecule has 29 heavy (non-hydrogen) atoms. The van der Waals surface area contributed by atoms with Gasteiger partial charge in [-0.05, 0) is 73.7 Å². The Bertz CT molecular complexity index is 926. The van der Waals surface area contributed by atoms with E-state index < -0.39 is 21.8 Å². The van der Waals surface area contributed by atoms with E-state index >= 15 is 0 Å². The van der Waals surface area contributed by atoms with Gasteiger partial charge in [-0.3, -0.25) is 0 Å². The Labute approximate surface area is 168 Å². The van der Waals surface area contributed by atoms with Gasteiger partial charge in [-0.2, -0.15) is 13.2 Å². The Morgan fingerprint density at radius 2 is 1.76 bits per heavy atom.